The highest BCUT2D eigenvalue weighted by Gasteiger charge is 2.15. The molecule has 5 rings (SSSR count). The van der Waals surface area contributed by atoms with Crippen LogP contribution in [0.2, 0.25) is 0 Å². The second-order valence-corrected chi connectivity index (χ2v) is 8.30. The van der Waals surface area contributed by atoms with E-state index in [1.807, 2.05) is 30.0 Å². The van der Waals surface area contributed by atoms with Crippen molar-refractivity contribution < 1.29 is 0 Å². The van der Waals surface area contributed by atoms with Gasteiger partial charge in [0.05, 0.1) is 17.2 Å². The van der Waals surface area contributed by atoms with Crippen molar-refractivity contribution >= 4 is 22.6 Å². The zero-order chi connectivity index (χ0) is 20.7. The number of pyridine rings is 1. The zero-order valence-electron chi connectivity index (χ0n) is 17.7. The van der Waals surface area contributed by atoms with Gasteiger partial charge in [0, 0.05) is 35.6 Å². The molecule has 4 aromatic rings. The average molecular weight is 402 g/mol. The third kappa shape index (κ3) is 3.34. The van der Waals surface area contributed by atoms with Crippen LogP contribution in [0.25, 0.3) is 27.8 Å². The summed E-state index contributed by atoms with van der Waals surface area (Å²) in [6, 6.07) is 4.99. The number of hydrogen-bond acceptors (Lipinski definition) is 5. The molecule has 0 aromatic carbocycles. The van der Waals surface area contributed by atoms with E-state index in [4.69, 9.17) is 5.10 Å². The lowest BCUT2D eigenvalue weighted by atomic mass is 10.1. The van der Waals surface area contributed by atoms with Gasteiger partial charge in [-0.05, 0) is 58.6 Å². The molecule has 0 amide bonds. The molecule has 0 aliphatic heterocycles. The smallest absolute Gasteiger partial charge is 0.241 e. The molecule has 0 fully saturated rings. The van der Waals surface area contributed by atoms with Gasteiger partial charge in [0.1, 0.15) is 5.82 Å². The van der Waals surface area contributed by atoms with E-state index in [-0.39, 0.29) is 0 Å². The molecule has 4 aromatic heterocycles. The van der Waals surface area contributed by atoms with Gasteiger partial charge >= 0.3 is 0 Å². The van der Waals surface area contributed by atoms with Crippen molar-refractivity contribution in [3.05, 3.63) is 48.7 Å². The van der Waals surface area contributed by atoms with Gasteiger partial charge in [0.25, 0.3) is 0 Å². The number of imidazole rings is 1. The Hall–Kier alpha value is -3.22. The number of nitrogens with one attached hydrogen (secondary N) is 1. The van der Waals surface area contributed by atoms with Gasteiger partial charge in [0.2, 0.25) is 5.95 Å². The Balaban J connectivity index is 1.48. The minimum Gasteiger partial charge on any atom is -0.350 e. The molecule has 7 heteroatoms. The number of nitrogens with zero attached hydrogens (tertiary/aromatic N) is 6. The molecule has 7 nitrogen and oxygen atoms in total. The van der Waals surface area contributed by atoms with Crippen LogP contribution in [-0.2, 0) is 0 Å². The Labute approximate surface area is 175 Å². The Bertz CT molecular complexity index is 1220. The molecule has 0 radical (unpaired) electrons. The Morgan fingerprint density at radius 2 is 1.87 bits per heavy atom. The average Bonchev–Trinajstić information content (AvgIpc) is 3.18. The van der Waals surface area contributed by atoms with Crippen molar-refractivity contribution in [1.29, 1.82) is 0 Å². The lowest BCUT2D eigenvalue weighted by molar-refractivity contribution is 0.600. The molecule has 0 bridgehead atoms. The topological polar surface area (TPSA) is 72.9 Å². The summed E-state index contributed by atoms with van der Waals surface area (Å²) < 4.78 is 4.12. The van der Waals surface area contributed by atoms with Crippen molar-refractivity contribution in [3.63, 3.8) is 0 Å². The first kappa shape index (κ1) is 18.8. The lowest BCUT2D eigenvalue weighted by Gasteiger charge is -2.16. The van der Waals surface area contributed by atoms with Crippen LogP contribution in [0.5, 0.6) is 0 Å². The Morgan fingerprint density at radius 3 is 2.63 bits per heavy atom. The maximum atomic E-state index is 4.69. The van der Waals surface area contributed by atoms with Crippen LogP contribution in [-0.4, -0.2) is 35.2 Å². The van der Waals surface area contributed by atoms with E-state index < -0.39 is 0 Å². The summed E-state index contributed by atoms with van der Waals surface area (Å²) in [7, 11) is 0. The summed E-state index contributed by atoms with van der Waals surface area (Å²) in [5.74, 6) is 1.66. The zero-order valence-corrected chi connectivity index (χ0v) is 17.7. The fraction of sp³-hybridized carbons (Fsp3) is 0.391. The molecule has 154 valence electrons. The first-order valence-electron chi connectivity index (χ1n) is 10.7. The Kier molecular flexibility index (Phi) is 4.73. The standard InChI is InChI=1S/C23H27N7/c1-15(2)30-16(3)26-22-20(30)12-17(13-24-22)19-10-11-29-21(19)14-25-23(28-29)27-18-8-6-4-5-7-9-18/h4-5,10-15,18H,6-9H2,1-3H3,(H,27,28). The van der Waals surface area contributed by atoms with E-state index in [1.165, 1.54) is 0 Å². The summed E-state index contributed by atoms with van der Waals surface area (Å²) in [6.07, 6.45) is 14.7. The maximum Gasteiger partial charge on any atom is 0.241 e. The Morgan fingerprint density at radius 1 is 1.07 bits per heavy atom. The van der Waals surface area contributed by atoms with E-state index in [9.17, 15) is 0 Å². The normalized spacial score (nSPS) is 15.3. The largest absolute Gasteiger partial charge is 0.350 e. The molecule has 0 saturated heterocycles. The molecule has 30 heavy (non-hydrogen) atoms. The molecular weight excluding hydrogens is 374 g/mol. The number of rotatable bonds is 4. The minimum absolute atomic E-state index is 0.328. The maximum absolute atomic E-state index is 4.69. The number of allylic oxidation sites excluding steroid dienone is 2. The molecule has 0 unspecified atom stereocenters. The van der Waals surface area contributed by atoms with Crippen molar-refractivity contribution in [2.75, 3.05) is 5.32 Å². The SMILES string of the molecule is Cc1nc2ncc(-c3ccn4nc(NC5CCC=CCC5)ncc34)cc2n1C(C)C. The molecule has 1 aliphatic carbocycles. The highest BCUT2D eigenvalue weighted by Crippen LogP contribution is 2.29. The van der Waals surface area contributed by atoms with Crippen LogP contribution in [0, 0.1) is 6.92 Å². The van der Waals surface area contributed by atoms with Crippen LogP contribution >= 0.6 is 0 Å². The summed E-state index contributed by atoms with van der Waals surface area (Å²) in [5.41, 5.74) is 4.93. The number of hydrogen-bond donors (Lipinski definition) is 1. The third-order valence-electron chi connectivity index (χ3n) is 5.83. The van der Waals surface area contributed by atoms with Crippen molar-refractivity contribution in [1.82, 2.24) is 29.1 Å². The summed E-state index contributed by atoms with van der Waals surface area (Å²) in [6.45, 7) is 6.37. The van der Waals surface area contributed by atoms with E-state index in [1.54, 1.807) is 0 Å². The van der Waals surface area contributed by atoms with Gasteiger partial charge in [-0.25, -0.2) is 19.5 Å². The van der Waals surface area contributed by atoms with Crippen molar-refractivity contribution in [3.8, 4) is 11.1 Å². The van der Waals surface area contributed by atoms with Gasteiger partial charge in [-0.2, -0.15) is 0 Å². The highest BCUT2D eigenvalue weighted by atomic mass is 15.3. The van der Waals surface area contributed by atoms with Gasteiger partial charge in [-0.15, -0.1) is 5.10 Å². The fourth-order valence-corrected chi connectivity index (χ4v) is 4.40. The van der Waals surface area contributed by atoms with Gasteiger partial charge in [-0.3, -0.25) is 0 Å². The minimum atomic E-state index is 0.328. The van der Waals surface area contributed by atoms with Crippen LogP contribution < -0.4 is 5.32 Å². The molecule has 1 aliphatic rings. The molecule has 0 spiro atoms. The lowest BCUT2D eigenvalue weighted by Crippen LogP contribution is -2.20. The quantitative estimate of drug-likeness (QED) is 0.490. The summed E-state index contributed by atoms with van der Waals surface area (Å²) in [4.78, 5) is 13.8. The second-order valence-electron chi connectivity index (χ2n) is 8.30. The molecular formula is C23H27N7. The van der Waals surface area contributed by atoms with Crippen LogP contribution in [0.4, 0.5) is 5.95 Å². The molecule has 4 heterocycles. The van der Waals surface area contributed by atoms with Gasteiger partial charge in [-0.1, -0.05) is 12.2 Å². The van der Waals surface area contributed by atoms with Crippen LogP contribution in [0.1, 0.15) is 51.4 Å². The predicted octanol–water partition coefficient (Wildman–Crippen LogP) is 4.94. The first-order chi connectivity index (χ1) is 14.6. The number of aryl methyl sites for hydroxylation is 1. The summed E-state index contributed by atoms with van der Waals surface area (Å²) in [5, 5.41) is 8.20. The van der Waals surface area contributed by atoms with Gasteiger partial charge in [0.15, 0.2) is 5.65 Å². The highest BCUT2D eigenvalue weighted by molar-refractivity contribution is 5.85. The second kappa shape index (κ2) is 7.55. The van der Waals surface area contributed by atoms with Crippen LogP contribution in [0.15, 0.2) is 42.9 Å². The molecule has 0 saturated carbocycles. The molecule has 0 atom stereocenters. The summed E-state index contributed by atoms with van der Waals surface area (Å²) >= 11 is 0. The fourth-order valence-electron chi connectivity index (χ4n) is 4.40. The first-order valence-corrected chi connectivity index (χ1v) is 10.7. The molecule has 1 N–H and O–H groups in total. The number of fused-ring (bicyclic) bond motifs is 2. The monoisotopic (exact) mass is 401 g/mol. The van der Waals surface area contributed by atoms with Crippen molar-refractivity contribution in [2.45, 2.75) is 58.5 Å². The van der Waals surface area contributed by atoms with Crippen LogP contribution in [0.3, 0.4) is 0 Å². The predicted molar refractivity (Wildman–Crippen MR) is 120 cm³/mol. The van der Waals surface area contributed by atoms with Crippen molar-refractivity contribution in [2.24, 2.45) is 0 Å². The number of aromatic nitrogens is 6. The van der Waals surface area contributed by atoms with E-state index in [0.717, 1.165) is 59.3 Å². The van der Waals surface area contributed by atoms with E-state index in [2.05, 4.69) is 63.0 Å². The van der Waals surface area contributed by atoms with E-state index in [0.29, 0.717) is 18.0 Å². The number of anilines is 1. The third-order valence-corrected chi connectivity index (χ3v) is 5.83. The van der Waals surface area contributed by atoms with Gasteiger partial charge < -0.3 is 9.88 Å². The van der Waals surface area contributed by atoms with E-state index >= 15 is 0 Å².